The average molecular weight is 319 g/mol. The molecule has 0 saturated carbocycles. The molecule has 0 radical (unpaired) electrons. The fraction of sp³-hybridized carbons (Fsp3) is 0.294. The molecule has 118 valence electrons. The van der Waals surface area contributed by atoms with E-state index in [-0.39, 0.29) is 11.8 Å². The minimum absolute atomic E-state index is 0.0186. The van der Waals surface area contributed by atoms with Crippen molar-refractivity contribution in [2.24, 2.45) is 0 Å². The fourth-order valence-corrected chi connectivity index (χ4v) is 3.58. The van der Waals surface area contributed by atoms with Gasteiger partial charge in [-0.25, -0.2) is 13.1 Å². The Hall–Kier alpha value is -1.85. The van der Waals surface area contributed by atoms with Crippen LogP contribution in [0.4, 0.5) is 0 Å². The number of hydrogen-bond donors (Lipinski definition) is 1. The van der Waals surface area contributed by atoms with Crippen molar-refractivity contribution in [1.29, 1.82) is 0 Å². The van der Waals surface area contributed by atoms with Gasteiger partial charge >= 0.3 is 0 Å². The maximum absolute atomic E-state index is 12.2. The predicted octanol–water partition coefficient (Wildman–Crippen LogP) is 3.27. The van der Waals surface area contributed by atoms with Gasteiger partial charge in [0.2, 0.25) is 10.0 Å². The quantitative estimate of drug-likeness (QED) is 0.852. The van der Waals surface area contributed by atoms with E-state index in [1.165, 1.54) is 0 Å². The van der Waals surface area contributed by atoms with Gasteiger partial charge in [-0.3, -0.25) is 0 Å². The lowest BCUT2D eigenvalue weighted by atomic mass is 10.1. The molecule has 2 rings (SSSR count). The zero-order valence-electron chi connectivity index (χ0n) is 12.8. The van der Waals surface area contributed by atoms with Crippen molar-refractivity contribution < 1.29 is 13.2 Å². The molecule has 0 fully saturated rings. The second kappa shape index (κ2) is 7.42. The van der Waals surface area contributed by atoms with Crippen molar-refractivity contribution in [3.8, 4) is 5.75 Å². The zero-order valence-corrected chi connectivity index (χ0v) is 13.6. The molecule has 4 nitrogen and oxygen atoms in total. The molecule has 0 aromatic heterocycles. The summed E-state index contributed by atoms with van der Waals surface area (Å²) in [6.07, 6.45) is 0. The maximum atomic E-state index is 12.2. The molecule has 2 aromatic carbocycles. The molecule has 0 aliphatic heterocycles. The molecule has 0 amide bonds. The van der Waals surface area contributed by atoms with Crippen molar-refractivity contribution in [1.82, 2.24) is 4.72 Å². The Kier molecular flexibility index (Phi) is 5.57. The van der Waals surface area contributed by atoms with E-state index in [0.29, 0.717) is 6.61 Å². The molecular formula is C17H21NO3S. The summed E-state index contributed by atoms with van der Waals surface area (Å²) in [6, 6.07) is 16.3. The Balaban J connectivity index is 2.02. The van der Waals surface area contributed by atoms with E-state index in [1.807, 2.05) is 56.3 Å². The number of ether oxygens (including phenoxy) is 1. The van der Waals surface area contributed by atoms with E-state index in [1.54, 1.807) is 12.1 Å². The average Bonchev–Trinajstić information content (AvgIpc) is 2.48. The Labute approximate surface area is 132 Å². The molecule has 2 aromatic rings. The second-order valence-electron chi connectivity index (χ2n) is 5.09. The van der Waals surface area contributed by atoms with Gasteiger partial charge in [-0.2, -0.15) is 0 Å². The normalized spacial score (nSPS) is 12.8. The first-order valence-electron chi connectivity index (χ1n) is 7.27. The molecule has 0 aliphatic rings. The monoisotopic (exact) mass is 319 g/mol. The van der Waals surface area contributed by atoms with Crippen LogP contribution < -0.4 is 9.46 Å². The third kappa shape index (κ3) is 4.86. The fourth-order valence-electron chi connectivity index (χ4n) is 2.19. The smallest absolute Gasteiger partial charge is 0.216 e. The van der Waals surface area contributed by atoms with E-state index in [4.69, 9.17) is 4.74 Å². The van der Waals surface area contributed by atoms with Gasteiger partial charge in [0.1, 0.15) is 5.75 Å². The van der Waals surface area contributed by atoms with Crippen LogP contribution in [0.15, 0.2) is 54.6 Å². The highest BCUT2D eigenvalue weighted by molar-refractivity contribution is 7.88. The van der Waals surface area contributed by atoms with Crippen LogP contribution >= 0.6 is 0 Å². The second-order valence-corrected chi connectivity index (χ2v) is 6.84. The Morgan fingerprint density at radius 2 is 1.68 bits per heavy atom. The summed E-state index contributed by atoms with van der Waals surface area (Å²) in [4.78, 5) is 0. The molecule has 0 bridgehead atoms. The third-order valence-electron chi connectivity index (χ3n) is 3.25. The first kappa shape index (κ1) is 16.5. The summed E-state index contributed by atoms with van der Waals surface area (Å²) in [5.74, 6) is 0.764. The molecule has 1 atom stereocenters. The molecule has 5 heteroatoms. The van der Waals surface area contributed by atoms with Crippen LogP contribution in [0.25, 0.3) is 0 Å². The minimum Gasteiger partial charge on any atom is -0.494 e. The van der Waals surface area contributed by atoms with Crippen LogP contribution in [-0.4, -0.2) is 15.0 Å². The van der Waals surface area contributed by atoms with Gasteiger partial charge in [-0.05, 0) is 37.1 Å². The third-order valence-corrected chi connectivity index (χ3v) is 4.67. The van der Waals surface area contributed by atoms with Gasteiger partial charge in [-0.1, -0.05) is 42.5 Å². The first-order valence-corrected chi connectivity index (χ1v) is 8.92. The first-order chi connectivity index (χ1) is 10.5. The SMILES string of the molecule is CCOc1ccc([C@H](C)NS(=O)(=O)Cc2ccccc2)cc1. The summed E-state index contributed by atoms with van der Waals surface area (Å²) in [6.45, 7) is 4.37. The Bertz CT molecular complexity index is 682. The highest BCUT2D eigenvalue weighted by atomic mass is 32.2. The van der Waals surface area contributed by atoms with Crippen molar-refractivity contribution in [3.05, 3.63) is 65.7 Å². The minimum atomic E-state index is -3.38. The summed E-state index contributed by atoms with van der Waals surface area (Å²) in [5.41, 5.74) is 1.67. The molecule has 0 aliphatic carbocycles. The lowest BCUT2D eigenvalue weighted by Crippen LogP contribution is -2.28. The van der Waals surface area contributed by atoms with Gasteiger partial charge in [-0.15, -0.1) is 0 Å². The van der Waals surface area contributed by atoms with Crippen molar-refractivity contribution >= 4 is 10.0 Å². The summed E-state index contributed by atoms with van der Waals surface area (Å²) >= 11 is 0. The van der Waals surface area contributed by atoms with Crippen molar-refractivity contribution in [2.75, 3.05) is 6.61 Å². The van der Waals surface area contributed by atoms with Gasteiger partial charge in [0.25, 0.3) is 0 Å². The van der Waals surface area contributed by atoms with Crippen LogP contribution in [-0.2, 0) is 15.8 Å². The van der Waals surface area contributed by atoms with Crippen LogP contribution in [0.2, 0.25) is 0 Å². The number of sulfonamides is 1. The van der Waals surface area contributed by atoms with Gasteiger partial charge < -0.3 is 4.74 Å². The molecule has 0 saturated heterocycles. The summed E-state index contributed by atoms with van der Waals surface area (Å²) < 4.78 is 32.5. The van der Waals surface area contributed by atoms with Crippen LogP contribution in [0.3, 0.4) is 0 Å². The highest BCUT2D eigenvalue weighted by Crippen LogP contribution is 2.19. The van der Waals surface area contributed by atoms with Crippen LogP contribution in [0.1, 0.15) is 31.0 Å². The standard InChI is InChI=1S/C17H21NO3S/c1-3-21-17-11-9-16(10-12-17)14(2)18-22(19,20)13-15-7-5-4-6-8-15/h4-12,14,18H,3,13H2,1-2H3/t14-/m0/s1. The molecule has 22 heavy (non-hydrogen) atoms. The topological polar surface area (TPSA) is 55.4 Å². The lowest BCUT2D eigenvalue weighted by molar-refractivity contribution is 0.340. The number of benzene rings is 2. The van der Waals surface area contributed by atoms with Gasteiger partial charge in [0.15, 0.2) is 0 Å². The number of rotatable bonds is 7. The van der Waals surface area contributed by atoms with Gasteiger partial charge in [0, 0.05) is 6.04 Å². The molecule has 0 unspecified atom stereocenters. The molecule has 0 spiro atoms. The number of hydrogen-bond acceptors (Lipinski definition) is 3. The Morgan fingerprint density at radius 3 is 2.27 bits per heavy atom. The number of nitrogens with one attached hydrogen (secondary N) is 1. The largest absolute Gasteiger partial charge is 0.494 e. The van der Waals surface area contributed by atoms with Crippen molar-refractivity contribution in [3.63, 3.8) is 0 Å². The van der Waals surface area contributed by atoms with E-state index in [0.717, 1.165) is 16.9 Å². The van der Waals surface area contributed by atoms with E-state index in [9.17, 15) is 8.42 Å². The maximum Gasteiger partial charge on any atom is 0.216 e. The summed E-state index contributed by atoms with van der Waals surface area (Å²) in [5, 5.41) is 0. The van der Waals surface area contributed by atoms with E-state index in [2.05, 4.69) is 4.72 Å². The Morgan fingerprint density at radius 1 is 1.05 bits per heavy atom. The van der Waals surface area contributed by atoms with Crippen molar-refractivity contribution in [2.45, 2.75) is 25.6 Å². The molecule has 1 N–H and O–H groups in total. The van der Waals surface area contributed by atoms with E-state index < -0.39 is 10.0 Å². The lowest BCUT2D eigenvalue weighted by Gasteiger charge is -2.15. The molecule has 0 heterocycles. The predicted molar refractivity (Wildman–Crippen MR) is 88.2 cm³/mol. The van der Waals surface area contributed by atoms with Gasteiger partial charge in [0.05, 0.1) is 12.4 Å². The summed E-state index contributed by atoms with van der Waals surface area (Å²) in [7, 11) is -3.38. The van der Waals surface area contributed by atoms with Crippen LogP contribution in [0.5, 0.6) is 5.75 Å². The highest BCUT2D eigenvalue weighted by Gasteiger charge is 2.16. The van der Waals surface area contributed by atoms with Crippen LogP contribution in [0, 0.1) is 0 Å². The molecular weight excluding hydrogens is 298 g/mol. The van der Waals surface area contributed by atoms with E-state index >= 15 is 0 Å². The zero-order chi connectivity index (χ0) is 16.0.